The molecule has 1 saturated carbocycles. The lowest BCUT2D eigenvalue weighted by Gasteiger charge is -2.27. The first-order chi connectivity index (χ1) is 15.0. The molecule has 0 N–H and O–H groups in total. The zero-order chi connectivity index (χ0) is 21.3. The number of carbonyl (C=O) groups excluding carboxylic acids is 1. The summed E-state index contributed by atoms with van der Waals surface area (Å²) < 4.78 is 2.14. The predicted molar refractivity (Wildman–Crippen MR) is 121 cm³/mol. The second-order valence-electron chi connectivity index (χ2n) is 8.54. The van der Waals surface area contributed by atoms with Crippen LogP contribution < -0.4 is 0 Å². The Balaban J connectivity index is 1.55. The monoisotopic (exact) mass is 451 g/mol. The highest BCUT2D eigenvalue weighted by Gasteiger charge is 2.38. The van der Waals surface area contributed by atoms with Gasteiger partial charge in [0, 0.05) is 33.5 Å². The van der Waals surface area contributed by atoms with Crippen LogP contribution in [0.15, 0.2) is 29.3 Å². The van der Waals surface area contributed by atoms with Gasteiger partial charge in [0.25, 0.3) is 0 Å². The van der Waals surface area contributed by atoms with Crippen molar-refractivity contribution in [2.24, 2.45) is 10.9 Å². The molecule has 0 bridgehead atoms. The molecule has 4 heterocycles. The summed E-state index contributed by atoms with van der Waals surface area (Å²) in [5.74, 6) is 2.24. The minimum Gasteiger partial charge on any atom is -0.337 e. The first-order valence-electron chi connectivity index (χ1n) is 10.7. The molecule has 2 aromatic heterocycles. The van der Waals surface area contributed by atoms with E-state index in [1.807, 2.05) is 36.1 Å². The predicted octanol–water partition coefficient (Wildman–Crippen LogP) is 4.50. The Morgan fingerprint density at radius 1 is 1.23 bits per heavy atom. The van der Waals surface area contributed by atoms with Crippen LogP contribution in [0.3, 0.4) is 0 Å². The summed E-state index contributed by atoms with van der Waals surface area (Å²) in [5, 5.41) is 10.6. The molecule has 1 aliphatic carbocycles. The number of amides is 1. The number of hydrogen-bond acceptors (Lipinski definition) is 5. The van der Waals surface area contributed by atoms with Gasteiger partial charge in [0.2, 0.25) is 5.91 Å². The van der Waals surface area contributed by atoms with Crippen molar-refractivity contribution in [2.75, 3.05) is 6.54 Å². The van der Waals surface area contributed by atoms with Gasteiger partial charge in [0.15, 0.2) is 5.82 Å². The van der Waals surface area contributed by atoms with Crippen LogP contribution >= 0.6 is 22.9 Å². The summed E-state index contributed by atoms with van der Waals surface area (Å²) in [4.78, 5) is 21.1. The zero-order valence-electron chi connectivity index (χ0n) is 17.4. The molecule has 8 heteroatoms. The summed E-state index contributed by atoms with van der Waals surface area (Å²) in [6, 6.07) is 7.75. The molecule has 0 radical (unpaired) electrons. The van der Waals surface area contributed by atoms with Gasteiger partial charge in [-0.2, -0.15) is 0 Å². The van der Waals surface area contributed by atoms with E-state index in [0.717, 1.165) is 59.3 Å². The standard InChI is InChI=1S/C23H22ClN5OS/c1-12-21-27-26-13(2)29(21)23-19(20(25-12)15-5-3-4-6-17(15)24)16-9-10-28(11-18(16)31-23)22(30)14-7-8-14/h3-6,12,14H,7-11H2,1-2H3/t12-/m0/s1. The molecule has 158 valence electrons. The third kappa shape index (κ3) is 2.97. The van der Waals surface area contributed by atoms with E-state index in [0.29, 0.717) is 17.5 Å². The van der Waals surface area contributed by atoms with Crippen molar-refractivity contribution in [3.63, 3.8) is 0 Å². The number of benzene rings is 1. The summed E-state index contributed by atoms with van der Waals surface area (Å²) in [6.07, 6.45) is 2.90. The number of thiophene rings is 1. The molecule has 6 nitrogen and oxygen atoms in total. The van der Waals surface area contributed by atoms with Gasteiger partial charge < -0.3 is 4.90 Å². The third-order valence-electron chi connectivity index (χ3n) is 6.39. The van der Waals surface area contributed by atoms with Gasteiger partial charge in [-0.1, -0.05) is 29.8 Å². The molecule has 0 saturated heterocycles. The fourth-order valence-electron chi connectivity index (χ4n) is 4.64. The van der Waals surface area contributed by atoms with Crippen LogP contribution in [0.2, 0.25) is 5.02 Å². The Labute approximate surface area is 189 Å². The number of aromatic nitrogens is 3. The number of fused-ring (bicyclic) bond motifs is 5. The van der Waals surface area contributed by atoms with Crippen LogP contribution in [0.25, 0.3) is 5.00 Å². The van der Waals surface area contributed by atoms with E-state index in [2.05, 4.69) is 21.7 Å². The molecule has 3 aromatic rings. The molecule has 1 fully saturated rings. The fraction of sp³-hybridized carbons (Fsp3) is 0.391. The van der Waals surface area contributed by atoms with Crippen molar-refractivity contribution in [1.82, 2.24) is 19.7 Å². The van der Waals surface area contributed by atoms with Crippen LogP contribution in [0.4, 0.5) is 0 Å². The molecule has 0 spiro atoms. The van der Waals surface area contributed by atoms with E-state index < -0.39 is 0 Å². The highest BCUT2D eigenvalue weighted by molar-refractivity contribution is 7.15. The molecule has 3 aliphatic rings. The first-order valence-corrected chi connectivity index (χ1v) is 11.9. The van der Waals surface area contributed by atoms with Crippen LogP contribution in [-0.2, 0) is 17.8 Å². The lowest BCUT2D eigenvalue weighted by Crippen LogP contribution is -2.36. The number of nitrogens with zero attached hydrogens (tertiary/aromatic N) is 5. The maximum absolute atomic E-state index is 12.7. The number of hydrogen-bond donors (Lipinski definition) is 0. The largest absolute Gasteiger partial charge is 0.337 e. The van der Waals surface area contributed by atoms with Gasteiger partial charge >= 0.3 is 0 Å². The molecular weight excluding hydrogens is 430 g/mol. The van der Waals surface area contributed by atoms with Gasteiger partial charge in [0.05, 0.1) is 12.3 Å². The zero-order valence-corrected chi connectivity index (χ0v) is 19.0. The van der Waals surface area contributed by atoms with Crippen molar-refractivity contribution in [3.05, 3.63) is 62.5 Å². The molecule has 31 heavy (non-hydrogen) atoms. The Kier molecular flexibility index (Phi) is 4.34. The van der Waals surface area contributed by atoms with Gasteiger partial charge in [-0.3, -0.25) is 14.4 Å². The minimum atomic E-state index is -0.140. The maximum atomic E-state index is 12.7. The van der Waals surface area contributed by atoms with Crippen LogP contribution in [0.5, 0.6) is 0 Å². The maximum Gasteiger partial charge on any atom is 0.226 e. The van der Waals surface area contributed by atoms with Gasteiger partial charge in [-0.15, -0.1) is 21.5 Å². The molecule has 0 unspecified atom stereocenters. The van der Waals surface area contributed by atoms with E-state index >= 15 is 0 Å². The second kappa shape index (κ2) is 7.00. The quantitative estimate of drug-likeness (QED) is 0.576. The number of aryl methyl sites for hydroxylation is 1. The van der Waals surface area contributed by atoms with Crippen LogP contribution in [0, 0.1) is 12.8 Å². The van der Waals surface area contributed by atoms with E-state index in [1.54, 1.807) is 11.3 Å². The molecule has 2 aliphatic heterocycles. The smallest absolute Gasteiger partial charge is 0.226 e. The number of carbonyl (C=O) groups is 1. The molecule has 1 amide bonds. The van der Waals surface area contributed by atoms with Crippen molar-refractivity contribution in [3.8, 4) is 5.00 Å². The summed E-state index contributed by atoms with van der Waals surface area (Å²) >= 11 is 8.37. The molecular formula is C23H22ClN5OS. The normalized spacial score (nSPS) is 19.9. The average molecular weight is 452 g/mol. The average Bonchev–Trinajstić information content (AvgIpc) is 3.47. The summed E-state index contributed by atoms with van der Waals surface area (Å²) in [7, 11) is 0. The van der Waals surface area contributed by atoms with Gasteiger partial charge in [-0.25, -0.2) is 0 Å². The molecule has 6 rings (SSSR count). The van der Waals surface area contributed by atoms with E-state index in [-0.39, 0.29) is 12.0 Å². The van der Waals surface area contributed by atoms with Crippen LogP contribution in [0.1, 0.15) is 59.0 Å². The van der Waals surface area contributed by atoms with Gasteiger partial charge in [-0.05, 0) is 44.7 Å². The van der Waals surface area contributed by atoms with E-state index in [4.69, 9.17) is 16.6 Å². The van der Waals surface area contributed by atoms with Crippen LogP contribution in [-0.4, -0.2) is 37.8 Å². The van der Waals surface area contributed by atoms with Crippen molar-refractivity contribution in [1.29, 1.82) is 0 Å². The second-order valence-corrected chi connectivity index (χ2v) is 10.0. The number of halogens is 1. The lowest BCUT2D eigenvalue weighted by molar-refractivity contribution is -0.133. The highest BCUT2D eigenvalue weighted by atomic mass is 35.5. The summed E-state index contributed by atoms with van der Waals surface area (Å²) in [5.41, 5.74) is 4.26. The van der Waals surface area contributed by atoms with E-state index in [9.17, 15) is 4.79 Å². The lowest BCUT2D eigenvalue weighted by atomic mass is 9.95. The number of aliphatic imine (C=N–C) groups is 1. The third-order valence-corrected chi connectivity index (χ3v) is 7.92. The Hall–Kier alpha value is -2.51. The van der Waals surface area contributed by atoms with Gasteiger partial charge in [0.1, 0.15) is 16.9 Å². The Morgan fingerprint density at radius 2 is 2.03 bits per heavy atom. The molecule has 1 aromatic carbocycles. The minimum absolute atomic E-state index is 0.140. The Morgan fingerprint density at radius 3 is 2.81 bits per heavy atom. The summed E-state index contributed by atoms with van der Waals surface area (Å²) in [6.45, 7) is 5.46. The SMILES string of the molecule is Cc1nnc2n1-c1sc3c(c1C(c1ccccc1Cl)=N[C@H]2C)CCN(C(=O)C1CC1)C3. The highest BCUT2D eigenvalue weighted by Crippen LogP contribution is 2.43. The van der Waals surface area contributed by atoms with E-state index in [1.165, 1.54) is 10.4 Å². The topological polar surface area (TPSA) is 63.4 Å². The molecule has 1 atom stereocenters. The number of rotatable bonds is 2. The Bertz CT molecular complexity index is 1250. The van der Waals surface area contributed by atoms with Crippen molar-refractivity contribution in [2.45, 2.75) is 45.7 Å². The fourth-order valence-corrected chi connectivity index (χ4v) is 6.29. The van der Waals surface area contributed by atoms with Crippen molar-refractivity contribution >= 4 is 34.6 Å². The van der Waals surface area contributed by atoms with Crippen molar-refractivity contribution < 1.29 is 4.79 Å². The first kappa shape index (κ1) is 19.2.